The molecule has 0 aromatic heterocycles. The summed E-state index contributed by atoms with van der Waals surface area (Å²) in [6, 6.07) is 5.75. The summed E-state index contributed by atoms with van der Waals surface area (Å²) in [4.78, 5) is 2.11. The molecule has 4 heteroatoms. The molecule has 1 aromatic carbocycles. The van der Waals surface area contributed by atoms with Gasteiger partial charge in [0.05, 0.1) is 19.8 Å². The zero-order valence-electron chi connectivity index (χ0n) is 11.9. The molecule has 1 rings (SSSR count). The predicted molar refractivity (Wildman–Crippen MR) is 77.9 cm³/mol. The lowest BCUT2D eigenvalue weighted by molar-refractivity contribution is 0.193. The number of benzene rings is 1. The normalized spacial score (nSPS) is 12.0. The Morgan fingerprint density at radius 2 is 2.16 bits per heavy atom. The van der Waals surface area contributed by atoms with Gasteiger partial charge in [0.1, 0.15) is 5.75 Å². The van der Waals surface area contributed by atoms with Crippen LogP contribution in [0.25, 0.3) is 0 Å². The minimum absolute atomic E-state index is 0.596. The van der Waals surface area contributed by atoms with Gasteiger partial charge >= 0.3 is 0 Å². The largest absolute Gasteiger partial charge is 0.496 e. The van der Waals surface area contributed by atoms with Crippen LogP contribution in [0.2, 0.25) is 0 Å². The molecule has 0 saturated heterocycles. The molecule has 0 aliphatic heterocycles. The highest BCUT2D eigenvalue weighted by atomic mass is 16.5. The van der Waals surface area contributed by atoms with Crippen molar-refractivity contribution in [1.29, 1.82) is 0 Å². The lowest BCUT2D eigenvalue weighted by Crippen LogP contribution is -2.28. The van der Waals surface area contributed by atoms with E-state index in [9.17, 15) is 5.11 Å². The summed E-state index contributed by atoms with van der Waals surface area (Å²) >= 11 is 0. The fourth-order valence-electron chi connectivity index (χ4n) is 2.07. The molecule has 1 atom stereocenters. The summed E-state index contributed by atoms with van der Waals surface area (Å²) < 4.78 is 10.5. The van der Waals surface area contributed by atoms with Crippen molar-refractivity contribution in [3.05, 3.63) is 36.4 Å². The average Bonchev–Trinajstić information content (AvgIpc) is 2.42. The van der Waals surface area contributed by atoms with Crippen LogP contribution in [-0.2, 0) is 4.74 Å². The van der Waals surface area contributed by atoms with Gasteiger partial charge in [0.15, 0.2) is 0 Å². The Morgan fingerprint density at radius 3 is 2.68 bits per heavy atom. The number of aliphatic hydroxyl groups excluding tert-OH is 1. The summed E-state index contributed by atoms with van der Waals surface area (Å²) in [7, 11) is 3.28. The van der Waals surface area contributed by atoms with Gasteiger partial charge in [0.25, 0.3) is 0 Å². The second-order valence-electron chi connectivity index (χ2n) is 4.30. The third kappa shape index (κ3) is 3.98. The van der Waals surface area contributed by atoms with E-state index in [1.54, 1.807) is 21.1 Å². The Labute approximate surface area is 115 Å². The summed E-state index contributed by atoms with van der Waals surface area (Å²) in [5.41, 5.74) is 1.74. The van der Waals surface area contributed by atoms with E-state index in [0.29, 0.717) is 18.9 Å². The second kappa shape index (κ2) is 7.81. The minimum atomic E-state index is -0.596. The molecular formula is C15H23NO3. The van der Waals surface area contributed by atoms with Gasteiger partial charge < -0.3 is 19.5 Å². The Kier molecular flexibility index (Phi) is 6.39. The van der Waals surface area contributed by atoms with Crippen LogP contribution in [0.1, 0.15) is 18.6 Å². The number of rotatable bonds is 8. The number of methoxy groups -OCH3 is 2. The third-order valence-corrected chi connectivity index (χ3v) is 2.94. The van der Waals surface area contributed by atoms with E-state index in [-0.39, 0.29) is 0 Å². The van der Waals surface area contributed by atoms with Gasteiger partial charge in [-0.2, -0.15) is 0 Å². The molecule has 0 amide bonds. The molecule has 0 spiro atoms. The van der Waals surface area contributed by atoms with Crippen LogP contribution in [0.15, 0.2) is 30.9 Å². The first-order valence-corrected chi connectivity index (χ1v) is 6.35. The molecule has 0 unspecified atom stereocenters. The summed E-state index contributed by atoms with van der Waals surface area (Å²) in [5, 5.41) is 10.00. The number of hydrogen-bond acceptors (Lipinski definition) is 4. The zero-order valence-corrected chi connectivity index (χ0v) is 11.9. The Balaban J connectivity index is 3.16. The van der Waals surface area contributed by atoms with Crippen LogP contribution in [0, 0.1) is 0 Å². The van der Waals surface area contributed by atoms with Crippen molar-refractivity contribution in [2.24, 2.45) is 0 Å². The minimum Gasteiger partial charge on any atom is -0.496 e. The van der Waals surface area contributed by atoms with Crippen LogP contribution < -0.4 is 9.64 Å². The third-order valence-electron chi connectivity index (χ3n) is 2.94. The van der Waals surface area contributed by atoms with Gasteiger partial charge in [-0.1, -0.05) is 12.1 Å². The molecule has 0 bridgehead atoms. The molecule has 1 aromatic rings. The van der Waals surface area contributed by atoms with Gasteiger partial charge in [0.2, 0.25) is 0 Å². The molecule has 0 aliphatic rings. The first-order valence-electron chi connectivity index (χ1n) is 6.35. The van der Waals surface area contributed by atoms with Gasteiger partial charge in [-0.25, -0.2) is 0 Å². The van der Waals surface area contributed by atoms with E-state index < -0.39 is 6.10 Å². The fraction of sp³-hybridized carbons (Fsp3) is 0.467. The van der Waals surface area contributed by atoms with Crippen molar-refractivity contribution in [2.45, 2.75) is 13.0 Å². The van der Waals surface area contributed by atoms with E-state index >= 15 is 0 Å². The fourth-order valence-corrected chi connectivity index (χ4v) is 2.07. The van der Waals surface area contributed by atoms with Crippen molar-refractivity contribution < 1.29 is 14.6 Å². The molecule has 1 N–H and O–H groups in total. The number of aliphatic hydroxyl groups is 1. The quantitative estimate of drug-likeness (QED) is 0.733. The Hall–Kier alpha value is -1.52. The van der Waals surface area contributed by atoms with Crippen LogP contribution in [0.5, 0.6) is 5.75 Å². The molecule has 19 heavy (non-hydrogen) atoms. The number of hydrogen-bond donors (Lipinski definition) is 1. The molecular weight excluding hydrogens is 242 g/mol. The van der Waals surface area contributed by atoms with Crippen LogP contribution in [0.3, 0.4) is 0 Å². The molecule has 4 nitrogen and oxygen atoms in total. The van der Waals surface area contributed by atoms with Gasteiger partial charge in [-0.05, 0) is 19.1 Å². The molecule has 106 valence electrons. The maximum absolute atomic E-state index is 10.00. The number of nitrogens with zero attached hydrogens (tertiary/aromatic N) is 1. The predicted octanol–water partition coefficient (Wildman–Crippen LogP) is 2.39. The standard InChI is InChI=1S/C15H23NO3/c1-5-9-16(10-11-18-3)13-7-6-8-14(19-4)15(13)12(2)17/h5-8,12,17H,1,9-11H2,2-4H3/t12-/m1/s1. The van der Waals surface area contributed by atoms with E-state index in [4.69, 9.17) is 9.47 Å². The van der Waals surface area contributed by atoms with Crippen LogP contribution >= 0.6 is 0 Å². The van der Waals surface area contributed by atoms with E-state index in [0.717, 1.165) is 17.8 Å². The van der Waals surface area contributed by atoms with Crippen molar-refractivity contribution >= 4 is 5.69 Å². The maximum Gasteiger partial charge on any atom is 0.126 e. The van der Waals surface area contributed by atoms with Crippen LogP contribution in [-0.4, -0.2) is 39.0 Å². The number of ether oxygens (including phenoxy) is 2. The van der Waals surface area contributed by atoms with Gasteiger partial charge in [-0.15, -0.1) is 6.58 Å². The summed E-state index contributed by atoms with van der Waals surface area (Å²) in [5.74, 6) is 0.693. The van der Waals surface area contributed by atoms with Crippen molar-refractivity contribution in [2.75, 3.05) is 38.8 Å². The zero-order chi connectivity index (χ0) is 14.3. The SMILES string of the molecule is C=CCN(CCOC)c1cccc(OC)c1[C@@H](C)O. The molecule has 0 saturated carbocycles. The van der Waals surface area contributed by atoms with E-state index in [2.05, 4.69) is 11.5 Å². The Bertz CT molecular complexity index is 404. The first-order chi connectivity index (χ1) is 9.15. The molecule has 0 aliphatic carbocycles. The van der Waals surface area contributed by atoms with Gasteiger partial charge in [0, 0.05) is 31.5 Å². The van der Waals surface area contributed by atoms with Crippen molar-refractivity contribution in [3.8, 4) is 5.75 Å². The highest BCUT2D eigenvalue weighted by molar-refractivity contribution is 5.60. The monoisotopic (exact) mass is 265 g/mol. The van der Waals surface area contributed by atoms with E-state index in [1.165, 1.54) is 0 Å². The molecule has 0 radical (unpaired) electrons. The lowest BCUT2D eigenvalue weighted by atomic mass is 10.1. The molecule has 0 heterocycles. The average molecular weight is 265 g/mol. The maximum atomic E-state index is 10.00. The highest BCUT2D eigenvalue weighted by Gasteiger charge is 2.18. The summed E-state index contributed by atoms with van der Waals surface area (Å²) in [6.07, 6.45) is 1.24. The lowest BCUT2D eigenvalue weighted by Gasteiger charge is -2.27. The first kappa shape index (κ1) is 15.5. The van der Waals surface area contributed by atoms with Gasteiger partial charge in [-0.3, -0.25) is 0 Å². The Morgan fingerprint density at radius 1 is 1.42 bits per heavy atom. The topological polar surface area (TPSA) is 41.9 Å². The smallest absolute Gasteiger partial charge is 0.126 e. The molecule has 0 fully saturated rings. The van der Waals surface area contributed by atoms with Crippen molar-refractivity contribution in [1.82, 2.24) is 0 Å². The number of anilines is 1. The summed E-state index contributed by atoms with van der Waals surface area (Å²) in [6.45, 7) is 7.55. The second-order valence-corrected chi connectivity index (χ2v) is 4.30. The highest BCUT2D eigenvalue weighted by Crippen LogP contribution is 2.34. The van der Waals surface area contributed by atoms with Crippen LogP contribution in [0.4, 0.5) is 5.69 Å². The van der Waals surface area contributed by atoms with Crippen molar-refractivity contribution in [3.63, 3.8) is 0 Å². The van der Waals surface area contributed by atoms with E-state index in [1.807, 2.05) is 24.3 Å².